The normalized spacial score (nSPS) is 18.6. The number of aliphatic hydroxyl groups is 1. The molecule has 0 radical (unpaired) electrons. The van der Waals surface area contributed by atoms with Gasteiger partial charge in [-0.05, 0) is 23.8 Å². The van der Waals surface area contributed by atoms with Gasteiger partial charge in [0, 0.05) is 17.0 Å². The van der Waals surface area contributed by atoms with Crippen molar-refractivity contribution in [3.05, 3.63) is 53.6 Å². The maximum absolute atomic E-state index is 13.7. The Labute approximate surface area is 177 Å². The Balaban J connectivity index is 1.93. The summed E-state index contributed by atoms with van der Waals surface area (Å²) in [5.74, 6) is 2.78. The Morgan fingerprint density at radius 1 is 1.06 bits per heavy atom. The van der Waals surface area contributed by atoms with Crippen molar-refractivity contribution in [2.45, 2.75) is 24.7 Å². The summed E-state index contributed by atoms with van der Waals surface area (Å²) < 4.78 is 87.8. The molecular weight excluding hydrogens is 444 g/mol. The first kappa shape index (κ1) is 23.4. The lowest BCUT2D eigenvalue weighted by Gasteiger charge is -2.17. The lowest BCUT2D eigenvalue weighted by Crippen LogP contribution is -2.41. The highest BCUT2D eigenvalue weighted by Gasteiger charge is 2.36. The molecule has 1 heterocycles. The SMILES string of the molecule is O=C(C#Cc1ccc(-c2ccccc2OC(F)(F)F)c(C(F)(F)F)c1)N[C@H]1COC[C@@H]1O. The molecule has 0 spiro atoms. The average molecular weight is 459 g/mol. The quantitative estimate of drug-likeness (QED) is 0.545. The van der Waals surface area contributed by atoms with Crippen molar-refractivity contribution in [3.8, 4) is 28.7 Å². The number of carbonyl (C=O) groups is 1. The van der Waals surface area contributed by atoms with Crippen molar-refractivity contribution in [2.24, 2.45) is 0 Å². The van der Waals surface area contributed by atoms with Crippen LogP contribution in [0.4, 0.5) is 26.3 Å². The summed E-state index contributed by atoms with van der Waals surface area (Å²) in [6.07, 6.45) is -10.9. The minimum absolute atomic E-state index is 0.0360. The molecule has 1 amide bonds. The van der Waals surface area contributed by atoms with Crippen molar-refractivity contribution >= 4 is 5.91 Å². The summed E-state index contributed by atoms with van der Waals surface area (Å²) in [7, 11) is 0. The van der Waals surface area contributed by atoms with Gasteiger partial charge in [-0.3, -0.25) is 4.79 Å². The Morgan fingerprint density at radius 2 is 1.78 bits per heavy atom. The van der Waals surface area contributed by atoms with Gasteiger partial charge in [-0.2, -0.15) is 13.2 Å². The molecule has 0 aliphatic carbocycles. The van der Waals surface area contributed by atoms with Crippen LogP contribution in [0.5, 0.6) is 5.75 Å². The maximum Gasteiger partial charge on any atom is 0.573 e. The van der Waals surface area contributed by atoms with Gasteiger partial charge in [-0.1, -0.05) is 30.2 Å². The number of carbonyl (C=O) groups excluding carboxylic acids is 1. The number of nitrogens with one attached hydrogen (secondary N) is 1. The molecule has 0 saturated carbocycles. The molecule has 2 atom stereocenters. The van der Waals surface area contributed by atoms with Crippen LogP contribution in [-0.4, -0.2) is 42.7 Å². The fourth-order valence-corrected chi connectivity index (χ4v) is 3.01. The fourth-order valence-electron chi connectivity index (χ4n) is 3.01. The summed E-state index contributed by atoms with van der Waals surface area (Å²) in [4.78, 5) is 11.9. The standard InChI is InChI=1S/C21H15F6NO4/c22-20(23,24)15-9-12(6-8-19(30)28-16-10-31-11-17(16)29)5-7-13(15)14-3-1-2-4-18(14)32-21(25,26)27/h1-5,7,9,16-17,29H,10-11H2,(H,28,30)/t16-,17-/m0/s1. The van der Waals surface area contributed by atoms with Crippen LogP contribution in [0.2, 0.25) is 0 Å². The molecule has 11 heteroatoms. The minimum Gasteiger partial charge on any atom is -0.405 e. The van der Waals surface area contributed by atoms with E-state index >= 15 is 0 Å². The molecule has 3 rings (SSSR count). The van der Waals surface area contributed by atoms with Crippen LogP contribution in [0, 0.1) is 11.8 Å². The topological polar surface area (TPSA) is 67.8 Å². The molecule has 1 aliphatic rings. The highest BCUT2D eigenvalue weighted by molar-refractivity contribution is 5.94. The molecule has 0 unspecified atom stereocenters. The van der Waals surface area contributed by atoms with Gasteiger partial charge in [-0.15, -0.1) is 13.2 Å². The summed E-state index contributed by atoms with van der Waals surface area (Å²) in [6, 6.07) is 6.49. The van der Waals surface area contributed by atoms with E-state index in [0.717, 1.165) is 24.3 Å². The highest BCUT2D eigenvalue weighted by Crippen LogP contribution is 2.41. The molecular formula is C21H15F6NO4. The number of hydrogen-bond donors (Lipinski definition) is 2. The third-order valence-electron chi connectivity index (χ3n) is 4.42. The molecule has 2 aromatic rings. The first-order chi connectivity index (χ1) is 14.9. The average Bonchev–Trinajstić information content (AvgIpc) is 3.09. The third kappa shape index (κ3) is 5.93. The number of para-hydroxylation sites is 1. The lowest BCUT2D eigenvalue weighted by molar-refractivity contribution is -0.274. The molecule has 1 saturated heterocycles. The second kappa shape index (κ2) is 9.10. The van der Waals surface area contributed by atoms with Crippen LogP contribution in [0.1, 0.15) is 11.1 Å². The largest absolute Gasteiger partial charge is 0.573 e. The molecule has 2 N–H and O–H groups in total. The molecule has 5 nitrogen and oxygen atoms in total. The number of halogens is 6. The summed E-state index contributed by atoms with van der Waals surface area (Å²) in [5, 5.41) is 12.0. The van der Waals surface area contributed by atoms with E-state index < -0.39 is 53.0 Å². The van der Waals surface area contributed by atoms with Crippen LogP contribution in [0.25, 0.3) is 11.1 Å². The van der Waals surface area contributed by atoms with Gasteiger partial charge < -0.3 is 19.9 Å². The number of benzene rings is 2. The van der Waals surface area contributed by atoms with E-state index in [2.05, 4.69) is 21.9 Å². The first-order valence-electron chi connectivity index (χ1n) is 9.09. The zero-order valence-corrected chi connectivity index (χ0v) is 16.1. The molecule has 0 aromatic heterocycles. The number of hydrogen-bond acceptors (Lipinski definition) is 4. The Morgan fingerprint density at radius 3 is 2.41 bits per heavy atom. The van der Waals surface area contributed by atoms with E-state index in [1.54, 1.807) is 0 Å². The second-order valence-corrected chi connectivity index (χ2v) is 6.74. The van der Waals surface area contributed by atoms with E-state index in [1.165, 1.54) is 12.1 Å². The van der Waals surface area contributed by atoms with Gasteiger partial charge in [0.2, 0.25) is 0 Å². The monoisotopic (exact) mass is 459 g/mol. The number of amides is 1. The fraction of sp³-hybridized carbons (Fsp3) is 0.286. The second-order valence-electron chi connectivity index (χ2n) is 6.74. The van der Waals surface area contributed by atoms with Crippen molar-refractivity contribution in [1.29, 1.82) is 0 Å². The zero-order chi connectivity index (χ0) is 23.5. The number of aliphatic hydroxyl groups excluding tert-OH is 1. The van der Waals surface area contributed by atoms with E-state index in [1.807, 2.05) is 0 Å². The number of alkyl halides is 6. The third-order valence-corrected chi connectivity index (χ3v) is 4.42. The molecule has 32 heavy (non-hydrogen) atoms. The van der Waals surface area contributed by atoms with Gasteiger partial charge in [0.05, 0.1) is 30.9 Å². The maximum atomic E-state index is 13.7. The van der Waals surface area contributed by atoms with Gasteiger partial charge in [-0.25, -0.2) is 0 Å². The van der Waals surface area contributed by atoms with Crippen molar-refractivity contribution in [1.82, 2.24) is 5.32 Å². The van der Waals surface area contributed by atoms with Gasteiger partial charge in [0.25, 0.3) is 5.91 Å². The van der Waals surface area contributed by atoms with Gasteiger partial charge >= 0.3 is 12.5 Å². The van der Waals surface area contributed by atoms with Crippen LogP contribution in [0.3, 0.4) is 0 Å². The summed E-state index contributed by atoms with van der Waals surface area (Å²) in [6.45, 7) is 0.106. The minimum atomic E-state index is -5.09. The Hall–Kier alpha value is -3.23. The Kier molecular flexibility index (Phi) is 6.66. The molecule has 1 fully saturated rings. The van der Waals surface area contributed by atoms with E-state index in [0.29, 0.717) is 6.07 Å². The van der Waals surface area contributed by atoms with Gasteiger partial charge in [0.15, 0.2) is 0 Å². The van der Waals surface area contributed by atoms with Crippen LogP contribution < -0.4 is 10.1 Å². The summed E-state index contributed by atoms with van der Waals surface area (Å²) in [5.41, 5.74) is -2.39. The number of ether oxygens (including phenoxy) is 2. The van der Waals surface area contributed by atoms with Crippen molar-refractivity contribution in [3.63, 3.8) is 0 Å². The van der Waals surface area contributed by atoms with Crippen LogP contribution >= 0.6 is 0 Å². The number of rotatable bonds is 3. The molecule has 0 bridgehead atoms. The zero-order valence-electron chi connectivity index (χ0n) is 16.1. The predicted octanol–water partition coefficient (Wildman–Crippen LogP) is 3.50. The Bertz CT molecular complexity index is 1050. The summed E-state index contributed by atoms with van der Waals surface area (Å²) >= 11 is 0. The van der Waals surface area contributed by atoms with Crippen LogP contribution in [-0.2, 0) is 15.7 Å². The molecule has 2 aromatic carbocycles. The van der Waals surface area contributed by atoms with E-state index in [4.69, 9.17) is 4.74 Å². The van der Waals surface area contributed by atoms with E-state index in [9.17, 15) is 36.2 Å². The van der Waals surface area contributed by atoms with Crippen molar-refractivity contribution in [2.75, 3.05) is 13.2 Å². The lowest BCUT2D eigenvalue weighted by atomic mass is 9.96. The van der Waals surface area contributed by atoms with Gasteiger partial charge in [0.1, 0.15) is 5.75 Å². The van der Waals surface area contributed by atoms with Crippen LogP contribution in [0.15, 0.2) is 42.5 Å². The smallest absolute Gasteiger partial charge is 0.405 e. The predicted molar refractivity (Wildman–Crippen MR) is 99.2 cm³/mol. The first-order valence-corrected chi connectivity index (χ1v) is 9.09. The van der Waals surface area contributed by atoms with Crippen molar-refractivity contribution < 1.29 is 45.7 Å². The van der Waals surface area contributed by atoms with E-state index in [-0.39, 0.29) is 18.8 Å². The molecule has 170 valence electrons. The molecule has 1 aliphatic heterocycles. The highest BCUT2D eigenvalue weighted by atomic mass is 19.4.